The van der Waals surface area contributed by atoms with Gasteiger partial charge in [-0.1, -0.05) is 13.3 Å². The summed E-state index contributed by atoms with van der Waals surface area (Å²) in [6.45, 7) is 10.5. The quantitative estimate of drug-likeness (QED) is 0.0884. The minimum Gasteiger partial charge on any atom is -0.489 e. The second kappa shape index (κ2) is 15.0. The molecule has 5 N–H and O–H groups in total. The van der Waals surface area contributed by atoms with Gasteiger partial charge in [-0.25, -0.2) is 4.98 Å². The number of aryl methyl sites for hydroxylation is 5. The first kappa shape index (κ1) is 36.2. The van der Waals surface area contributed by atoms with Crippen LogP contribution in [0.4, 0.5) is 17.3 Å². The summed E-state index contributed by atoms with van der Waals surface area (Å²) in [5.74, 6) is -0.140. The smallest absolute Gasteiger partial charge is 0.276 e. The van der Waals surface area contributed by atoms with E-state index < -0.39 is 12.2 Å². The molecule has 2 aliphatic heterocycles. The molecule has 0 aliphatic carbocycles. The third kappa shape index (κ3) is 6.86. The van der Waals surface area contributed by atoms with Gasteiger partial charge in [-0.3, -0.25) is 33.9 Å². The van der Waals surface area contributed by atoms with E-state index in [9.17, 15) is 19.2 Å². The number of carbonyl (C=O) groups excluding carboxylic acids is 4. The van der Waals surface area contributed by atoms with E-state index in [1.54, 1.807) is 39.7 Å². The minimum atomic E-state index is -0.557. The van der Waals surface area contributed by atoms with Crippen molar-refractivity contribution in [2.75, 3.05) is 28.7 Å². The van der Waals surface area contributed by atoms with Crippen molar-refractivity contribution in [1.82, 2.24) is 34.4 Å². The summed E-state index contributed by atoms with van der Waals surface area (Å²) in [6, 6.07) is 10.4. The summed E-state index contributed by atoms with van der Waals surface area (Å²) >= 11 is 0. The first-order chi connectivity index (χ1) is 26.1. The van der Waals surface area contributed by atoms with Gasteiger partial charge in [-0.05, 0) is 82.9 Å². The van der Waals surface area contributed by atoms with Gasteiger partial charge in [0.1, 0.15) is 35.7 Å². The minimum absolute atomic E-state index is 0.250. The number of nitrogens with two attached hydrogens (primary N) is 1. The summed E-state index contributed by atoms with van der Waals surface area (Å²) in [6.07, 6.45) is 4.14. The summed E-state index contributed by atoms with van der Waals surface area (Å²) in [5.41, 5.74) is 12.8. The van der Waals surface area contributed by atoms with E-state index in [0.29, 0.717) is 84.6 Å². The predicted molar refractivity (Wildman–Crippen MR) is 203 cm³/mol. The number of hydrogen-bond donors (Lipinski definition) is 4. The monoisotopic (exact) mass is 735 g/mol. The Hall–Kier alpha value is -6.19. The van der Waals surface area contributed by atoms with Crippen LogP contribution in [0.2, 0.25) is 0 Å². The molecule has 0 fully saturated rings. The molecule has 0 spiro atoms. The fourth-order valence-corrected chi connectivity index (χ4v) is 7.39. The zero-order valence-corrected chi connectivity index (χ0v) is 30.9. The molecule has 16 nitrogen and oxygen atoms in total. The van der Waals surface area contributed by atoms with Gasteiger partial charge in [0.25, 0.3) is 11.8 Å². The average Bonchev–Trinajstić information content (AvgIpc) is 3.90. The molecule has 0 saturated carbocycles. The van der Waals surface area contributed by atoms with Crippen molar-refractivity contribution in [3.05, 3.63) is 75.9 Å². The molecule has 0 radical (unpaired) electrons. The van der Waals surface area contributed by atoms with E-state index in [0.717, 1.165) is 60.1 Å². The molecule has 282 valence electrons. The van der Waals surface area contributed by atoms with Gasteiger partial charge in [0.15, 0.2) is 6.29 Å². The zero-order valence-electron chi connectivity index (χ0n) is 30.9. The second-order valence-electron chi connectivity index (χ2n) is 13.6. The molecule has 1 unspecified atom stereocenters. The van der Waals surface area contributed by atoms with Crippen LogP contribution in [0.3, 0.4) is 0 Å². The van der Waals surface area contributed by atoms with Crippen LogP contribution in [0, 0.1) is 13.8 Å². The fourth-order valence-electron chi connectivity index (χ4n) is 7.39. The lowest BCUT2D eigenvalue weighted by Crippen LogP contribution is -2.52. The number of nitrogens with zero attached hydrogens (tertiary/aromatic N) is 7. The molecule has 5 heterocycles. The van der Waals surface area contributed by atoms with Crippen LogP contribution < -0.4 is 31.3 Å². The van der Waals surface area contributed by atoms with E-state index >= 15 is 0 Å². The molecule has 54 heavy (non-hydrogen) atoms. The van der Waals surface area contributed by atoms with Crippen molar-refractivity contribution in [2.45, 2.75) is 85.7 Å². The molecule has 0 bridgehead atoms. The van der Waals surface area contributed by atoms with Crippen LogP contribution >= 0.6 is 0 Å². The Kier molecular flexibility index (Phi) is 10.1. The average molecular weight is 736 g/mol. The fraction of sp³-hybridized carbons (Fsp3) is 0.395. The molecule has 5 aromatic rings. The number of primary amides is 1. The number of amides is 3. The van der Waals surface area contributed by atoms with Crippen molar-refractivity contribution in [1.29, 1.82) is 0 Å². The highest BCUT2D eigenvalue weighted by Gasteiger charge is 2.37. The lowest BCUT2D eigenvalue weighted by atomic mass is 10.0. The standard InChI is InChI=1S/C38H45N11O5/c1-5-13-46-29-12-11-24(21-50)18-27(29)40-37(46)42-35(52)30-17-22(3)44-49(30)14-9-7-8-10-26-23(4)45-48(6-2)32(26)36(53)43-38-41-28-19-25(34(39)51)20-31-33(28)47(38)15-16-54-31/h11-12,17-21,38,41H,5-10,13-16H2,1-4H3,(H2,39,51)(H,43,53)(H,40,42,52). The predicted octanol–water partition coefficient (Wildman–Crippen LogP) is 4.39. The van der Waals surface area contributed by atoms with E-state index in [4.69, 9.17) is 10.5 Å². The topological polar surface area (TPSA) is 196 Å². The number of carbonyl (C=O) groups is 4. The third-order valence-electron chi connectivity index (χ3n) is 9.89. The molecule has 1 atom stereocenters. The SMILES string of the molecule is CCCn1c(NC(=O)c2cc(C)nn2CCCCCc2c(C)nn(CC)c2C(=O)NC2Nc3cc(C(N)=O)cc4c3N2CCO4)nc2cc(C=O)ccc21. The third-order valence-corrected chi connectivity index (χ3v) is 9.89. The number of imidazole rings is 1. The number of nitrogens with one attached hydrogen (secondary N) is 3. The van der Waals surface area contributed by atoms with Gasteiger partial charge in [-0.15, -0.1) is 0 Å². The van der Waals surface area contributed by atoms with E-state index in [1.165, 1.54) is 0 Å². The molecule has 2 aliphatic rings. The first-order valence-corrected chi connectivity index (χ1v) is 18.4. The molecule has 2 aromatic carbocycles. The Labute approximate surface area is 312 Å². The summed E-state index contributed by atoms with van der Waals surface area (Å²) in [5, 5.41) is 18.7. The van der Waals surface area contributed by atoms with Gasteiger partial charge in [0.2, 0.25) is 11.9 Å². The molecule has 7 rings (SSSR count). The summed E-state index contributed by atoms with van der Waals surface area (Å²) in [7, 11) is 0. The Morgan fingerprint density at radius 3 is 2.61 bits per heavy atom. The molecule has 3 amide bonds. The van der Waals surface area contributed by atoms with Crippen LogP contribution in [0.25, 0.3) is 11.0 Å². The van der Waals surface area contributed by atoms with Crippen molar-refractivity contribution in [2.24, 2.45) is 5.73 Å². The Balaban J connectivity index is 0.988. The molecule has 0 saturated heterocycles. The molecule has 16 heteroatoms. The number of hydrogen-bond acceptors (Lipinski definition) is 10. The van der Waals surface area contributed by atoms with Gasteiger partial charge in [0, 0.05) is 36.3 Å². The lowest BCUT2D eigenvalue weighted by Gasteiger charge is -2.31. The van der Waals surface area contributed by atoms with Crippen LogP contribution in [0.5, 0.6) is 5.75 Å². The number of aldehydes is 1. The first-order valence-electron chi connectivity index (χ1n) is 18.4. The van der Waals surface area contributed by atoms with Crippen LogP contribution in [0.1, 0.15) is 98.2 Å². The van der Waals surface area contributed by atoms with Crippen molar-refractivity contribution < 1.29 is 23.9 Å². The van der Waals surface area contributed by atoms with Crippen molar-refractivity contribution in [3.8, 4) is 5.75 Å². The normalized spacial score (nSPS) is 14.4. The highest BCUT2D eigenvalue weighted by Crippen LogP contribution is 2.44. The number of unbranched alkanes of at least 4 members (excludes halogenated alkanes) is 2. The maximum Gasteiger partial charge on any atom is 0.276 e. The Bertz CT molecular complexity index is 2270. The highest BCUT2D eigenvalue weighted by molar-refractivity contribution is 6.03. The molecular weight excluding hydrogens is 690 g/mol. The number of aromatic nitrogens is 6. The maximum atomic E-state index is 13.9. The number of anilines is 3. The Morgan fingerprint density at radius 2 is 1.85 bits per heavy atom. The van der Waals surface area contributed by atoms with Crippen molar-refractivity contribution in [3.63, 3.8) is 0 Å². The largest absolute Gasteiger partial charge is 0.489 e. The van der Waals surface area contributed by atoms with E-state index in [-0.39, 0.29) is 11.8 Å². The number of benzene rings is 2. The molecular formula is C38H45N11O5. The van der Waals surface area contributed by atoms with Crippen LogP contribution in [-0.2, 0) is 26.1 Å². The number of ether oxygens (including phenoxy) is 1. The van der Waals surface area contributed by atoms with Gasteiger partial charge >= 0.3 is 0 Å². The number of rotatable bonds is 15. The van der Waals surface area contributed by atoms with E-state index in [2.05, 4.69) is 38.1 Å². The van der Waals surface area contributed by atoms with Crippen LogP contribution in [0.15, 0.2) is 36.4 Å². The lowest BCUT2D eigenvalue weighted by molar-refractivity contribution is 0.0926. The van der Waals surface area contributed by atoms with Crippen LogP contribution in [-0.4, -0.2) is 72.6 Å². The zero-order chi connectivity index (χ0) is 38.1. The van der Waals surface area contributed by atoms with E-state index in [1.807, 2.05) is 36.3 Å². The summed E-state index contributed by atoms with van der Waals surface area (Å²) < 4.78 is 11.2. The van der Waals surface area contributed by atoms with Gasteiger partial charge in [-0.2, -0.15) is 10.2 Å². The highest BCUT2D eigenvalue weighted by atomic mass is 16.5. The molecule has 3 aromatic heterocycles. The number of fused-ring (bicyclic) bond motifs is 1. The van der Waals surface area contributed by atoms with Gasteiger partial charge < -0.3 is 30.6 Å². The van der Waals surface area contributed by atoms with Gasteiger partial charge in [0.05, 0.1) is 34.7 Å². The summed E-state index contributed by atoms with van der Waals surface area (Å²) in [4.78, 5) is 57.4. The Morgan fingerprint density at radius 1 is 1.02 bits per heavy atom. The second-order valence-corrected chi connectivity index (χ2v) is 13.6. The van der Waals surface area contributed by atoms with Crippen molar-refractivity contribution >= 4 is 52.4 Å². The maximum absolute atomic E-state index is 13.9.